The van der Waals surface area contributed by atoms with Gasteiger partial charge in [-0.2, -0.15) is 0 Å². The molecule has 0 aliphatic heterocycles. The lowest BCUT2D eigenvalue weighted by molar-refractivity contribution is -0.124. The van der Waals surface area contributed by atoms with Crippen LogP contribution in [0.3, 0.4) is 0 Å². The maximum Gasteiger partial charge on any atom is 0.237 e. The third-order valence-corrected chi connectivity index (χ3v) is 4.22. The van der Waals surface area contributed by atoms with Gasteiger partial charge in [0.2, 0.25) is 5.91 Å². The van der Waals surface area contributed by atoms with Crippen molar-refractivity contribution < 1.29 is 4.79 Å². The first-order valence-corrected chi connectivity index (χ1v) is 8.20. The Hall–Kier alpha value is -0.610. The van der Waals surface area contributed by atoms with E-state index in [4.69, 9.17) is 5.73 Å². The van der Waals surface area contributed by atoms with E-state index in [0.29, 0.717) is 6.04 Å². The Labute approximate surface area is 125 Å². The van der Waals surface area contributed by atoms with Crippen LogP contribution in [0.2, 0.25) is 0 Å². The molecular formula is C16H35N3O. The first-order chi connectivity index (χ1) is 9.41. The zero-order chi connectivity index (χ0) is 15.6. The van der Waals surface area contributed by atoms with Gasteiger partial charge >= 0.3 is 0 Å². The minimum Gasteiger partial charge on any atom is -0.368 e. The Kier molecular flexibility index (Phi) is 9.86. The number of nitrogens with one attached hydrogen (secondary N) is 1. The molecule has 0 saturated heterocycles. The molecule has 0 aromatic heterocycles. The van der Waals surface area contributed by atoms with E-state index in [9.17, 15) is 4.79 Å². The Bertz CT molecular complexity index is 270. The van der Waals surface area contributed by atoms with Crippen LogP contribution in [0.4, 0.5) is 0 Å². The molecule has 3 N–H and O–H groups in total. The monoisotopic (exact) mass is 285 g/mol. The van der Waals surface area contributed by atoms with Crippen molar-refractivity contribution in [1.29, 1.82) is 0 Å². The number of rotatable bonds is 12. The maximum atomic E-state index is 11.7. The van der Waals surface area contributed by atoms with Crippen molar-refractivity contribution in [3.63, 3.8) is 0 Å². The van der Waals surface area contributed by atoms with Crippen LogP contribution in [0.15, 0.2) is 0 Å². The molecule has 0 rings (SSSR count). The third kappa shape index (κ3) is 6.71. The normalized spacial score (nSPS) is 16.1. The maximum absolute atomic E-state index is 11.7. The minimum atomic E-state index is -0.589. The molecule has 0 heterocycles. The summed E-state index contributed by atoms with van der Waals surface area (Å²) >= 11 is 0. The average Bonchev–Trinajstić information content (AvgIpc) is 2.44. The zero-order valence-electron chi connectivity index (χ0n) is 14.2. The van der Waals surface area contributed by atoms with E-state index in [1.54, 1.807) is 0 Å². The fourth-order valence-corrected chi connectivity index (χ4v) is 2.24. The van der Waals surface area contributed by atoms with Crippen LogP contribution in [0.25, 0.3) is 0 Å². The topological polar surface area (TPSA) is 58.4 Å². The first-order valence-electron chi connectivity index (χ1n) is 8.20. The van der Waals surface area contributed by atoms with Gasteiger partial charge in [0.05, 0.1) is 5.54 Å². The Morgan fingerprint density at radius 2 is 1.90 bits per heavy atom. The first kappa shape index (κ1) is 19.4. The van der Waals surface area contributed by atoms with Crippen molar-refractivity contribution in [2.75, 3.05) is 19.6 Å². The Balaban J connectivity index is 4.56. The van der Waals surface area contributed by atoms with E-state index >= 15 is 0 Å². The fraction of sp³-hybridized carbons (Fsp3) is 0.938. The number of nitrogens with two attached hydrogens (primary N) is 1. The molecule has 0 saturated carbocycles. The molecule has 0 bridgehead atoms. The minimum absolute atomic E-state index is 0.245. The number of unbranched alkanes of at least 4 members (excludes halogenated alkanes) is 1. The van der Waals surface area contributed by atoms with Gasteiger partial charge in [0.1, 0.15) is 0 Å². The van der Waals surface area contributed by atoms with Gasteiger partial charge < -0.3 is 16.0 Å². The van der Waals surface area contributed by atoms with Crippen molar-refractivity contribution in [3.05, 3.63) is 0 Å². The molecule has 0 radical (unpaired) electrons. The second-order valence-electron chi connectivity index (χ2n) is 6.02. The van der Waals surface area contributed by atoms with Crippen LogP contribution in [0, 0.1) is 0 Å². The van der Waals surface area contributed by atoms with Gasteiger partial charge in [0.25, 0.3) is 0 Å². The van der Waals surface area contributed by atoms with Crippen LogP contribution in [-0.4, -0.2) is 42.0 Å². The molecule has 2 atom stereocenters. The molecule has 4 heteroatoms. The van der Waals surface area contributed by atoms with Gasteiger partial charge in [-0.15, -0.1) is 0 Å². The summed E-state index contributed by atoms with van der Waals surface area (Å²) in [6.07, 6.45) is 5.33. The summed E-state index contributed by atoms with van der Waals surface area (Å²) in [5.74, 6) is -0.245. The number of amides is 1. The lowest BCUT2D eigenvalue weighted by atomic mass is 9.95. The molecule has 1 amide bonds. The molecule has 0 aliphatic rings. The van der Waals surface area contributed by atoms with E-state index in [1.165, 1.54) is 12.8 Å². The number of carbonyl (C=O) groups is 1. The van der Waals surface area contributed by atoms with Crippen molar-refractivity contribution >= 4 is 5.91 Å². The number of hydrogen-bond donors (Lipinski definition) is 2. The highest BCUT2D eigenvalue weighted by Gasteiger charge is 2.30. The van der Waals surface area contributed by atoms with Gasteiger partial charge in [-0.25, -0.2) is 0 Å². The van der Waals surface area contributed by atoms with Crippen LogP contribution in [0.5, 0.6) is 0 Å². The summed E-state index contributed by atoms with van der Waals surface area (Å²) in [5, 5.41) is 3.31. The van der Waals surface area contributed by atoms with Gasteiger partial charge in [0.15, 0.2) is 0 Å². The van der Waals surface area contributed by atoms with E-state index in [2.05, 4.69) is 37.9 Å². The molecule has 0 aromatic carbocycles. The number of nitrogens with zero attached hydrogens (tertiary/aromatic N) is 1. The van der Waals surface area contributed by atoms with Gasteiger partial charge in [-0.1, -0.05) is 27.2 Å². The van der Waals surface area contributed by atoms with Crippen molar-refractivity contribution in [1.82, 2.24) is 10.2 Å². The van der Waals surface area contributed by atoms with Gasteiger partial charge in [0, 0.05) is 12.6 Å². The van der Waals surface area contributed by atoms with Gasteiger partial charge in [-0.3, -0.25) is 4.79 Å². The molecule has 120 valence electrons. The lowest BCUT2D eigenvalue weighted by Crippen LogP contribution is -2.55. The van der Waals surface area contributed by atoms with Crippen LogP contribution in [0.1, 0.15) is 66.7 Å². The lowest BCUT2D eigenvalue weighted by Gasteiger charge is -2.33. The fourth-order valence-electron chi connectivity index (χ4n) is 2.24. The molecule has 20 heavy (non-hydrogen) atoms. The third-order valence-electron chi connectivity index (χ3n) is 4.22. The Morgan fingerprint density at radius 1 is 1.25 bits per heavy atom. The standard InChI is InChI=1S/C16H35N3O/c1-6-9-12-19(14(4)8-3)13-10-16(5,15(17)20)18-11-7-2/h14,18H,6-13H2,1-5H3,(H2,17,20). The molecule has 0 aromatic rings. The second kappa shape index (κ2) is 10.2. The SMILES string of the molecule is CCCCN(CCC(C)(NCCC)C(N)=O)C(C)CC. The van der Waals surface area contributed by atoms with Crippen LogP contribution >= 0.6 is 0 Å². The summed E-state index contributed by atoms with van der Waals surface area (Å²) in [6.45, 7) is 13.6. The zero-order valence-corrected chi connectivity index (χ0v) is 14.2. The largest absolute Gasteiger partial charge is 0.368 e. The molecule has 2 unspecified atom stereocenters. The van der Waals surface area contributed by atoms with Gasteiger partial charge in [-0.05, 0) is 52.6 Å². The predicted octanol–water partition coefficient (Wildman–Crippen LogP) is 2.52. The molecule has 4 nitrogen and oxygen atoms in total. The quantitative estimate of drug-likeness (QED) is 0.579. The molecule has 0 fully saturated rings. The molecular weight excluding hydrogens is 250 g/mol. The second-order valence-corrected chi connectivity index (χ2v) is 6.02. The predicted molar refractivity (Wildman–Crippen MR) is 86.7 cm³/mol. The van der Waals surface area contributed by atoms with E-state index in [1.807, 2.05) is 6.92 Å². The summed E-state index contributed by atoms with van der Waals surface area (Å²) in [4.78, 5) is 14.2. The van der Waals surface area contributed by atoms with Crippen molar-refractivity contribution in [2.24, 2.45) is 5.73 Å². The highest BCUT2D eigenvalue weighted by atomic mass is 16.1. The van der Waals surface area contributed by atoms with Crippen molar-refractivity contribution in [3.8, 4) is 0 Å². The smallest absolute Gasteiger partial charge is 0.237 e. The molecule has 0 spiro atoms. The van der Waals surface area contributed by atoms with Crippen LogP contribution < -0.4 is 11.1 Å². The van der Waals surface area contributed by atoms with E-state index < -0.39 is 5.54 Å². The van der Waals surface area contributed by atoms with E-state index in [-0.39, 0.29) is 5.91 Å². The van der Waals surface area contributed by atoms with Crippen LogP contribution in [-0.2, 0) is 4.79 Å². The average molecular weight is 285 g/mol. The van der Waals surface area contributed by atoms with E-state index in [0.717, 1.165) is 38.9 Å². The number of hydrogen-bond acceptors (Lipinski definition) is 3. The summed E-state index contributed by atoms with van der Waals surface area (Å²) < 4.78 is 0. The highest BCUT2D eigenvalue weighted by Crippen LogP contribution is 2.14. The Morgan fingerprint density at radius 3 is 2.35 bits per heavy atom. The number of carbonyl (C=O) groups excluding carboxylic acids is 1. The summed E-state index contributed by atoms with van der Waals surface area (Å²) in [7, 11) is 0. The summed E-state index contributed by atoms with van der Waals surface area (Å²) in [6, 6.07) is 0.560. The molecule has 0 aliphatic carbocycles. The highest BCUT2D eigenvalue weighted by molar-refractivity contribution is 5.84. The summed E-state index contributed by atoms with van der Waals surface area (Å²) in [5.41, 5.74) is 5.00. The van der Waals surface area contributed by atoms with Crippen molar-refractivity contribution in [2.45, 2.75) is 78.3 Å². The number of primary amides is 1.